The summed E-state index contributed by atoms with van der Waals surface area (Å²) in [6, 6.07) is 12.0. The Morgan fingerprint density at radius 2 is 1.80 bits per heavy atom. The van der Waals surface area contributed by atoms with Crippen LogP contribution in [0.4, 0.5) is 0 Å². The van der Waals surface area contributed by atoms with Gasteiger partial charge in [-0.05, 0) is 29.3 Å². The first-order chi connectivity index (χ1) is 9.60. The van der Waals surface area contributed by atoms with Crippen LogP contribution in [0.15, 0.2) is 42.5 Å². The Hall–Kier alpha value is -2.04. The SMILES string of the molecule is NCc1ccc(CNC(=O)c2ccc(Cl)cc2O)cc1. The lowest BCUT2D eigenvalue weighted by Gasteiger charge is -2.07. The van der Waals surface area contributed by atoms with E-state index in [0.717, 1.165) is 11.1 Å². The molecular formula is C15H15ClN2O2. The van der Waals surface area contributed by atoms with Crippen molar-refractivity contribution in [2.24, 2.45) is 5.73 Å². The van der Waals surface area contributed by atoms with Gasteiger partial charge < -0.3 is 16.2 Å². The van der Waals surface area contributed by atoms with E-state index in [4.69, 9.17) is 17.3 Å². The quantitative estimate of drug-likeness (QED) is 0.809. The monoisotopic (exact) mass is 290 g/mol. The summed E-state index contributed by atoms with van der Waals surface area (Å²) in [5.74, 6) is -0.476. The molecule has 104 valence electrons. The van der Waals surface area contributed by atoms with Gasteiger partial charge in [0.25, 0.3) is 5.91 Å². The predicted molar refractivity (Wildman–Crippen MR) is 78.6 cm³/mol. The standard InChI is InChI=1S/C15H15ClN2O2/c16-12-5-6-13(14(19)7-12)15(20)18-9-11-3-1-10(8-17)2-4-11/h1-7,19H,8-9,17H2,(H,18,20). The highest BCUT2D eigenvalue weighted by Crippen LogP contribution is 2.21. The van der Waals surface area contributed by atoms with Gasteiger partial charge in [0.05, 0.1) is 5.56 Å². The van der Waals surface area contributed by atoms with E-state index in [1.165, 1.54) is 12.1 Å². The van der Waals surface area contributed by atoms with Crippen molar-refractivity contribution >= 4 is 17.5 Å². The molecule has 0 aliphatic heterocycles. The lowest BCUT2D eigenvalue weighted by molar-refractivity contribution is 0.0948. The third-order valence-electron chi connectivity index (χ3n) is 2.92. The third-order valence-corrected chi connectivity index (χ3v) is 3.15. The first kappa shape index (κ1) is 14.4. The summed E-state index contributed by atoms with van der Waals surface area (Å²) < 4.78 is 0. The Balaban J connectivity index is 2.00. The first-order valence-electron chi connectivity index (χ1n) is 6.15. The van der Waals surface area contributed by atoms with Gasteiger partial charge in [-0.1, -0.05) is 35.9 Å². The minimum Gasteiger partial charge on any atom is -0.507 e. The molecule has 2 aromatic rings. The molecule has 4 nitrogen and oxygen atoms in total. The molecule has 20 heavy (non-hydrogen) atoms. The average Bonchev–Trinajstić information content (AvgIpc) is 2.45. The van der Waals surface area contributed by atoms with Crippen LogP contribution in [0, 0.1) is 0 Å². The van der Waals surface area contributed by atoms with Gasteiger partial charge in [0.15, 0.2) is 0 Å². The second-order valence-corrected chi connectivity index (χ2v) is 4.80. The predicted octanol–water partition coefficient (Wildman–Crippen LogP) is 2.43. The van der Waals surface area contributed by atoms with Gasteiger partial charge in [-0.3, -0.25) is 4.79 Å². The van der Waals surface area contributed by atoms with Crippen molar-refractivity contribution in [3.8, 4) is 5.75 Å². The number of hydrogen-bond donors (Lipinski definition) is 3. The van der Waals surface area contributed by atoms with Crippen LogP contribution in [0.3, 0.4) is 0 Å². The normalized spacial score (nSPS) is 10.3. The number of aromatic hydroxyl groups is 1. The van der Waals surface area contributed by atoms with E-state index in [2.05, 4.69) is 5.32 Å². The molecule has 0 saturated carbocycles. The molecule has 0 heterocycles. The van der Waals surface area contributed by atoms with Crippen LogP contribution in [0.5, 0.6) is 5.75 Å². The molecule has 0 aromatic heterocycles. The van der Waals surface area contributed by atoms with Crippen LogP contribution in [0.2, 0.25) is 5.02 Å². The van der Waals surface area contributed by atoms with Gasteiger partial charge in [0, 0.05) is 18.1 Å². The summed E-state index contributed by atoms with van der Waals surface area (Å²) in [5.41, 5.74) is 7.72. The van der Waals surface area contributed by atoms with Gasteiger partial charge in [-0.15, -0.1) is 0 Å². The van der Waals surface area contributed by atoms with Gasteiger partial charge in [-0.25, -0.2) is 0 Å². The molecule has 4 N–H and O–H groups in total. The summed E-state index contributed by atoms with van der Waals surface area (Å²) >= 11 is 5.72. The maximum Gasteiger partial charge on any atom is 0.255 e. The van der Waals surface area contributed by atoms with Crippen LogP contribution >= 0.6 is 11.6 Å². The molecule has 0 atom stereocenters. The summed E-state index contributed by atoms with van der Waals surface area (Å²) in [6.07, 6.45) is 0. The molecule has 0 aliphatic rings. The Morgan fingerprint density at radius 3 is 2.40 bits per heavy atom. The van der Waals surface area contributed by atoms with E-state index in [1.807, 2.05) is 24.3 Å². The minimum atomic E-state index is -0.345. The highest BCUT2D eigenvalue weighted by molar-refractivity contribution is 6.30. The zero-order valence-corrected chi connectivity index (χ0v) is 11.5. The van der Waals surface area contributed by atoms with Crippen LogP contribution < -0.4 is 11.1 Å². The second kappa shape index (κ2) is 6.41. The maximum atomic E-state index is 11.9. The molecule has 0 bridgehead atoms. The summed E-state index contributed by atoms with van der Waals surface area (Å²) in [5, 5.41) is 12.8. The van der Waals surface area contributed by atoms with Crippen molar-refractivity contribution < 1.29 is 9.90 Å². The fourth-order valence-corrected chi connectivity index (χ4v) is 1.93. The largest absolute Gasteiger partial charge is 0.507 e. The summed E-state index contributed by atoms with van der Waals surface area (Å²) in [7, 11) is 0. The van der Waals surface area contributed by atoms with Crippen molar-refractivity contribution in [3.05, 3.63) is 64.2 Å². The third kappa shape index (κ3) is 3.50. The highest BCUT2D eigenvalue weighted by Gasteiger charge is 2.10. The number of carbonyl (C=O) groups is 1. The Kier molecular flexibility index (Phi) is 4.61. The second-order valence-electron chi connectivity index (χ2n) is 4.36. The number of nitrogens with one attached hydrogen (secondary N) is 1. The topological polar surface area (TPSA) is 75.3 Å². The minimum absolute atomic E-state index is 0.131. The number of nitrogens with two attached hydrogens (primary N) is 1. The van der Waals surface area contributed by atoms with Crippen molar-refractivity contribution in [2.75, 3.05) is 0 Å². The van der Waals surface area contributed by atoms with Gasteiger partial charge in [-0.2, -0.15) is 0 Å². The molecule has 0 aliphatic carbocycles. The number of phenolic OH excluding ortho intramolecular Hbond substituents is 1. The molecule has 1 amide bonds. The van der Waals surface area contributed by atoms with E-state index in [1.54, 1.807) is 6.07 Å². The number of halogens is 1. The average molecular weight is 291 g/mol. The number of phenols is 1. The van der Waals surface area contributed by atoms with Crippen LogP contribution in [0.1, 0.15) is 21.5 Å². The zero-order valence-electron chi connectivity index (χ0n) is 10.8. The van der Waals surface area contributed by atoms with E-state index >= 15 is 0 Å². The Bertz CT molecular complexity index is 612. The van der Waals surface area contributed by atoms with Crippen molar-refractivity contribution in [1.29, 1.82) is 0 Å². The van der Waals surface area contributed by atoms with E-state index in [9.17, 15) is 9.90 Å². The number of amides is 1. The van der Waals surface area contributed by atoms with Crippen LogP contribution in [-0.2, 0) is 13.1 Å². The number of rotatable bonds is 4. The number of hydrogen-bond acceptors (Lipinski definition) is 3. The van der Waals surface area contributed by atoms with Crippen LogP contribution in [-0.4, -0.2) is 11.0 Å². The summed E-state index contributed by atoms with van der Waals surface area (Å²) in [4.78, 5) is 11.9. The lowest BCUT2D eigenvalue weighted by atomic mass is 10.1. The Morgan fingerprint density at radius 1 is 1.15 bits per heavy atom. The Labute approximate surface area is 122 Å². The van der Waals surface area contributed by atoms with E-state index in [-0.39, 0.29) is 17.2 Å². The van der Waals surface area contributed by atoms with Gasteiger partial charge >= 0.3 is 0 Å². The molecular weight excluding hydrogens is 276 g/mol. The van der Waals surface area contributed by atoms with Crippen molar-refractivity contribution in [3.63, 3.8) is 0 Å². The fraction of sp³-hybridized carbons (Fsp3) is 0.133. The smallest absolute Gasteiger partial charge is 0.255 e. The zero-order chi connectivity index (χ0) is 14.5. The molecule has 0 fully saturated rings. The van der Waals surface area contributed by atoms with Gasteiger partial charge in [0.2, 0.25) is 0 Å². The molecule has 0 spiro atoms. The van der Waals surface area contributed by atoms with Gasteiger partial charge in [0.1, 0.15) is 5.75 Å². The van der Waals surface area contributed by atoms with Crippen molar-refractivity contribution in [2.45, 2.75) is 13.1 Å². The lowest BCUT2D eigenvalue weighted by Crippen LogP contribution is -2.22. The number of carbonyl (C=O) groups excluding carboxylic acids is 1. The van der Waals surface area contributed by atoms with Crippen molar-refractivity contribution in [1.82, 2.24) is 5.32 Å². The maximum absolute atomic E-state index is 11.9. The molecule has 2 rings (SSSR count). The van der Waals surface area contributed by atoms with E-state index < -0.39 is 0 Å². The molecule has 0 unspecified atom stereocenters. The molecule has 5 heteroatoms. The fourth-order valence-electron chi connectivity index (χ4n) is 1.77. The number of benzene rings is 2. The van der Waals surface area contributed by atoms with E-state index in [0.29, 0.717) is 18.1 Å². The highest BCUT2D eigenvalue weighted by atomic mass is 35.5. The molecule has 0 saturated heterocycles. The van der Waals surface area contributed by atoms with Crippen LogP contribution in [0.25, 0.3) is 0 Å². The first-order valence-corrected chi connectivity index (χ1v) is 6.52. The molecule has 2 aromatic carbocycles. The molecule has 0 radical (unpaired) electrons. The summed E-state index contributed by atoms with van der Waals surface area (Å²) in [6.45, 7) is 0.872.